The summed E-state index contributed by atoms with van der Waals surface area (Å²) in [6, 6.07) is 7.93. The van der Waals surface area contributed by atoms with Gasteiger partial charge in [0.15, 0.2) is 0 Å². The van der Waals surface area contributed by atoms with Crippen LogP contribution in [0.5, 0.6) is 5.75 Å². The maximum Gasteiger partial charge on any atom is 0.524 e. The summed E-state index contributed by atoms with van der Waals surface area (Å²) >= 11 is 0. The van der Waals surface area contributed by atoms with E-state index in [-0.39, 0.29) is 5.75 Å². The quantitative estimate of drug-likeness (QED) is 0.795. The van der Waals surface area contributed by atoms with E-state index in [1.54, 1.807) is 18.2 Å². The molecule has 0 radical (unpaired) electrons. The molecule has 2 N–H and O–H groups in total. The van der Waals surface area contributed by atoms with Gasteiger partial charge in [-0.2, -0.15) is 0 Å². The molecule has 10 heteroatoms. The smallest absolute Gasteiger partial charge is 0.404 e. The van der Waals surface area contributed by atoms with Gasteiger partial charge in [-0.05, 0) is 12.1 Å². The number of benzene rings is 1. The molecular weight excluding hydrogens is 298 g/mol. The monoisotopic (exact) mass is 314 g/mol. The fraction of sp³-hybridized carbons (Fsp3) is 0.333. The minimum atomic E-state index is -4.39. The Balaban J connectivity index is 0.000000362. The normalized spacial score (nSPS) is 11.4. The first-order chi connectivity index (χ1) is 8.76. The maximum absolute atomic E-state index is 10.7. The van der Waals surface area contributed by atoms with Crippen LogP contribution < -0.4 is 4.52 Å². The van der Waals surface area contributed by atoms with Gasteiger partial charge < -0.3 is 4.52 Å². The summed E-state index contributed by atoms with van der Waals surface area (Å²) < 4.78 is 38.2. The average molecular weight is 314 g/mol. The molecule has 0 bridgehead atoms. The van der Waals surface area contributed by atoms with Crippen LogP contribution in [-0.4, -0.2) is 31.1 Å². The second kappa shape index (κ2) is 8.45. The van der Waals surface area contributed by atoms with Gasteiger partial charge in [0.1, 0.15) is 5.75 Å². The molecule has 1 aromatic rings. The van der Waals surface area contributed by atoms with E-state index in [1.165, 1.54) is 33.5 Å². The Hall–Kier alpha value is -0.720. The van der Waals surface area contributed by atoms with Crippen molar-refractivity contribution in [2.75, 3.05) is 21.3 Å². The molecule has 0 saturated carbocycles. The van der Waals surface area contributed by atoms with Gasteiger partial charge in [-0.15, -0.1) is 0 Å². The van der Waals surface area contributed by atoms with E-state index in [1.807, 2.05) is 0 Å². The molecular formula is C9H16O8P2. The van der Waals surface area contributed by atoms with Gasteiger partial charge in [-0.25, -0.2) is 9.13 Å². The summed E-state index contributed by atoms with van der Waals surface area (Å²) in [5, 5.41) is 0. The number of para-hydroxylation sites is 1. The second-order valence-corrected chi connectivity index (χ2v) is 6.04. The van der Waals surface area contributed by atoms with Crippen molar-refractivity contribution in [3.63, 3.8) is 0 Å². The summed E-state index contributed by atoms with van der Waals surface area (Å²) in [7, 11) is -3.78. The standard InChI is InChI=1S/C6H7O4P.C3H9O4P/c7-11(8,9)10-6-4-2-1-3-5-6;1-5-8(4,6-2)7-3/h1-5H,(H2,7,8,9);1-3H3. The fourth-order valence-electron chi connectivity index (χ4n) is 0.842. The third-order valence-electron chi connectivity index (χ3n) is 1.64. The Kier molecular flexibility index (Phi) is 8.13. The Bertz CT molecular complexity index is 424. The molecule has 0 aliphatic carbocycles. The van der Waals surface area contributed by atoms with Crippen LogP contribution in [-0.2, 0) is 22.7 Å². The molecule has 0 aliphatic heterocycles. The highest BCUT2D eigenvalue weighted by molar-refractivity contribution is 7.48. The number of rotatable bonds is 5. The third kappa shape index (κ3) is 8.91. The molecule has 0 spiro atoms. The van der Waals surface area contributed by atoms with Gasteiger partial charge in [-0.1, -0.05) is 18.2 Å². The lowest BCUT2D eigenvalue weighted by atomic mass is 10.3. The van der Waals surface area contributed by atoms with E-state index in [0.29, 0.717) is 0 Å². The summed E-state index contributed by atoms with van der Waals surface area (Å²) in [5.41, 5.74) is 0. The third-order valence-corrected chi connectivity index (χ3v) is 3.43. The van der Waals surface area contributed by atoms with Crippen molar-refractivity contribution in [1.29, 1.82) is 0 Å². The van der Waals surface area contributed by atoms with Crippen LogP contribution in [0.3, 0.4) is 0 Å². The van der Waals surface area contributed by atoms with E-state index in [9.17, 15) is 9.13 Å². The molecule has 0 fully saturated rings. The number of phosphoric acid groups is 2. The Morgan fingerprint density at radius 2 is 1.32 bits per heavy atom. The zero-order valence-corrected chi connectivity index (χ0v) is 12.4. The summed E-state index contributed by atoms with van der Waals surface area (Å²) in [5.74, 6) is 0.167. The molecule has 1 rings (SSSR count). The highest BCUT2D eigenvalue weighted by Gasteiger charge is 2.18. The van der Waals surface area contributed by atoms with E-state index in [4.69, 9.17) is 9.79 Å². The zero-order chi connectivity index (χ0) is 14.9. The van der Waals surface area contributed by atoms with Crippen LogP contribution >= 0.6 is 15.6 Å². The van der Waals surface area contributed by atoms with Crippen LogP contribution in [0.2, 0.25) is 0 Å². The molecule has 0 unspecified atom stereocenters. The SMILES string of the molecule is COP(=O)(OC)OC.O=P(O)(O)Oc1ccccc1. The number of phosphoric ester groups is 2. The minimum absolute atomic E-state index is 0.167. The summed E-state index contributed by atoms with van der Waals surface area (Å²) in [6.07, 6.45) is 0. The van der Waals surface area contributed by atoms with Crippen LogP contribution in [0.4, 0.5) is 0 Å². The van der Waals surface area contributed by atoms with Crippen molar-refractivity contribution in [2.45, 2.75) is 0 Å². The van der Waals surface area contributed by atoms with Gasteiger partial charge in [0.05, 0.1) is 0 Å². The van der Waals surface area contributed by atoms with Gasteiger partial charge >= 0.3 is 15.6 Å². The Morgan fingerprint density at radius 3 is 1.58 bits per heavy atom. The first-order valence-electron chi connectivity index (χ1n) is 4.83. The van der Waals surface area contributed by atoms with Gasteiger partial charge in [0, 0.05) is 21.3 Å². The lowest BCUT2D eigenvalue weighted by Gasteiger charge is -2.08. The van der Waals surface area contributed by atoms with E-state index >= 15 is 0 Å². The van der Waals surface area contributed by atoms with Crippen molar-refractivity contribution in [2.24, 2.45) is 0 Å². The first kappa shape index (κ1) is 18.3. The Morgan fingerprint density at radius 1 is 0.895 bits per heavy atom. The molecule has 8 nitrogen and oxygen atoms in total. The summed E-state index contributed by atoms with van der Waals surface area (Å²) in [4.78, 5) is 16.7. The van der Waals surface area contributed by atoms with Gasteiger partial charge in [0.2, 0.25) is 0 Å². The molecule has 110 valence electrons. The number of hydrogen-bond acceptors (Lipinski definition) is 6. The first-order valence-corrected chi connectivity index (χ1v) is 7.83. The molecule has 0 aromatic heterocycles. The maximum atomic E-state index is 10.7. The van der Waals surface area contributed by atoms with Crippen LogP contribution in [0.1, 0.15) is 0 Å². The van der Waals surface area contributed by atoms with Crippen LogP contribution in [0, 0.1) is 0 Å². The topological polar surface area (TPSA) is 112 Å². The lowest BCUT2D eigenvalue weighted by Crippen LogP contribution is -1.88. The van der Waals surface area contributed by atoms with Crippen molar-refractivity contribution in [3.8, 4) is 5.75 Å². The molecule has 0 aliphatic rings. The second-order valence-electron chi connectivity index (χ2n) is 2.89. The number of hydrogen-bond donors (Lipinski definition) is 2. The van der Waals surface area contributed by atoms with E-state index in [2.05, 4.69) is 18.1 Å². The van der Waals surface area contributed by atoms with Crippen LogP contribution in [0.15, 0.2) is 30.3 Å². The molecule has 0 atom stereocenters. The van der Waals surface area contributed by atoms with E-state index < -0.39 is 15.6 Å². The highest BCUT2D eigenvalue weighted by Crippen LogP contribution is 2.46. The zero-order valence-electron chi connectivity index (χ0n) is 10.6. The fourth-order valence-corrected chi connectivity index (χ4v) is 1.69. The molecule has 0 amide bonds. The lowest BCUT2D eigenvalue weighted by molar-refractivity contribution is 0.178. The average Bonchev–Trinajstić information content (AvgIpc) is 2.38. The van der Waals surface area contributed by atoms with E-state index in [0.717, 1.165) is 0 Å². The van der Waals surface area contributed by atoms with Gasteiger partial charge in [-0.3, -0.25) is 23.4 Å². The van der Waals surface area contributed by atoms with Crippen molar-refractivity contribution in [1.82, 2.24) is 0 Å². The molecule has 0 saturated heterocycles. The summed E-state index contributed by atoms with van der Waals surface area (Å²) in [6.45, 7) is 0. The predicted molar refractivity (Wildman–Crippen MR) is 67.7 cm³/mol. The van der Waals surface area contributed by atoms with Crippen LogP contribution in [0.25, 0.3) is 0 Å². The van der Waals surface area contributed by atoms with Crippen molar-refractivity contribution >= 4 is 15.6 Å². The largest absolute Gasteiger partial charge is 0.524 e. The molecule has 19 heavy (non-hydrogen) atoms. The van der Waals surface area contributed by atoms with Crippen molar-refractivity contribution in [3.05, 3.63) is 30.3 Å². The Labute approximate surface area is 111 Å². The predicted octanol–water partition coefficient (Wildman–Crippen LogP) is 2.19. The minimum Gasteiger partial charge on any atom is -0.404 e. The molecule has 0 heterocycles. The van der Waals surface area contributed by atoms with Gasteiger partial charge in [0.25, 0.3) is 0 Å². The van der Waals surface area contributed by atoms with Crippen molar-refractivity contribution < 1.29 is 37.0 Å². The molecule has 1 aromatic carbocycles. The highest BCUT2D eigenvalue weighted by atomic mass is 31.2.